The topological polar surface area (TPSA) is 26.3 Å². The van der Waals surface area contributed by atoms with Crippen molar-refractivity contribution in [3.05, 3.63) is 45.4 Å². The minimum absolute atomic E-state index is 0.287. The lowest BCUT2D eigenvalue weighted by Crippen LogP contribution is -2.05. The average Bonchev–Trinajstić information content (AvgIpc) is 2.29. The molecule has 0 aliphatic carbocycles. The fraction of sp³-hybridized carbons (Fsp3) is 0.182. The van der Waals surface area contributed by atoms with Gasteiger partial charge in [0.25, 0.3) is 0 Å². The van der Waals surface area contributed by atoms with Gasteiger partial charge in [0.15, 0.2) is 0 Å². The zero-order valence-corrected chi connectivity index (χ0v) is 11.1. The van der Waals surface area contributed by atoms with Crippen LogP contribution < -0.4 is 0 Å². The van der Waals surface area contributed by atoms with Crippen LogP contribution in [-0.4, -0.2) is 12.6 Å². The van der Waals surface area contributed by atoms with E-state index < -0.39 is 0 Å². The van der Waals surface area contributed by atoms with Gasteiger partial charge in [-0.2, -0.15) is 0 Å². The van der Waals surface area contributed by atoms with Crippen molar-refractivity contribution in [3.8, 4) is 0 Å². The van der Waals surface area contributed by atoms with Crippen LogP contribution in [0.2, 0.25) is 0 Å². The molecule has 0 saturated heterocycles. The summed E-state index contributed by atoms with van der Waals surface area (Å²) >= 11 is 6.48. The summed E-state index contributed by atoms with van der Waals surface area (Å²) < 4.78 is 6.03. The van der Waals surface area contributed by atoms with Gasteiger partial charge in [0.1, 0.15) is 0 Å². The molecule has 0 aliphatic rings. The Bertz CT molecular complexity index is 347. The molecule has 0 spiro atoms. The second kappa shape index (κ2) is 6.80. The molecule has 0 N–H and O–H groups in total. The van der Waals surface area contributed by atoms with Gasteiger partial charge in [-0.05, 0) is 17.1 Å². The van der Waals surface area contributed by atoms with Crippen LogP contribution in [0.15, 0.2) is 39.8 Å². The van der Waals surface area contributed by atoms with Gasteiger partial charge in [0.2, 0.25) is 0 Å². The molecule has 1 rings (SSSR count). The maximum atomic E-state index is 11.4. The number of carbonyl (C=O) groups excluding carboxylic acids is 1. The third-order valence-corrected chi connectivity index (χ3v) is 3.49. The molecule has 80 valence electrons. The highest BCUT2D eigenvalue weighted by Gasteiger charge is 2.05. The van der Waals surface area contributed by atoms with Crippen LogP contribution in [0.3, 0.4) is 0 Å². The largest absolute Gasteiger partial charge is 0.462 e. The van der Waals surface area contributed by atoms with Crippen molar-refractivity contribution >= 4 is 37.8 Å². The number of ether oxygens (including phenoxy) is 1. The smallest absolute Gasteiger partial charge is 0.338 e. The molecule has 0 aliphatic heterocycles. The third-order valence-electron chi connectivity index (χ3n) is 1.70. The van der Waals surface area contributed by atoms with E-state index in [1.165, 1.54) is 0 Å². The quantitative estimate of drug-likeness (QED) is 0.782. The van der Waals surface area contributed by atoms with Gasteiger partial charge in [-0.1, -0.05) is 50.1 Å². The molecular formula is C11H10Br2O2. The average molecular weight is 334 g/mol. The van der Waals surface area contributed by atoms with Crippen LogP contribution in [-0.2, 0) is 4.74 Å². The Morgan fingerprint density at radius 3 is 2.60 bits per heavy atom. The van der Waals surface area contributed by atoms with E-state index in [4.69, 9.17) is 4.74 Å². The number of hydrogen-bond donors (Lipinski definition) is 0. The first-order chi connectivity index (χ1) is 7.24. The number of esters is 1. The van der Waals surface area contributed by atoms with E-state index in [0.29, 0.717) is 18.6 Å². The highest BCUT2D eigenvalue weighted by molar-refractivity contribution is 9.14. The monoisotopic (exact) mass is 332 g/mol. The molecule has 0 fully saturated rings. The van der Waals surface area contributed by atoms with Crippen LogP contribution >= 0.6 is 31.9 Å². The molecule has 2 nitrogen and oxygen atoms in total. The van der Waals surface area contributed by atoms with Crippen molar-refractivity contribution in [1.29, 1.82) is 0 Å². The zero-order chi connectivity index (χ0) is 11.1. The summed E-state index contributed by atoms with van der Waals surface area (Å²) in [6.45, 7) is 0.371. The summed E-state index contributed by atoms with van der Waals surface area (Å²) in [5.74, 6) is -0.287. The number of hydrogen-bond acceptors (Lipinski definition) is 2. The number of rotatable bonds is 4. The second-order valence-electron chi connectivity index (χ2n) is 2.81. The van der Waals surface area contributed by atoms with Crippen molar-refractivity contribution < 1.29 is 9.53 Å². The van der Waals surface area contributed by atoms with Crippen LogP contribution in [0.4, 0.5) is 0 Å². The molecule has 0 saturated carbocycles. The maximum absolute atomic E-state index is 11.4. The Labute approximate surface area is 106 Å². The Morgan fingerprint density at radius 2 is 2.00 bits per heavy atom. The molecule has 0 bridgehead atoms. The highest BCUT2D eigenvalue weighted by atomic mass is 79.9. The molecule has 1 aromatic rings. The molecular weight excluding hydrogens is 324 g/mol. The van der Waals surface area contributed by atoms with Crippen molar-refractivity contribution in [2.24, 2.45) is 0 Å². The van der Waals surface area contributed by atoms with Crippen molar-refractivity contribution in [3.63, 3.8) is 0 Å². The number of benzene rings is 1. The minimum atomic E-state index is -0.287. The molecule has 15 heavy (non-hydrogen) atoms. The second-order valence-corrected chi connectivity index (χ2v) is 4.28. The third kappa shape index (κ3) is 4.62. The molecule has 0 aromatic heterocycles. The van der Waals surface area contributed by atoms with Crippen molar-refractivity contribution in [2.45, 2.75) is 6.42 Å². The zero-order valence-electron chi connectivity index (χ0n) is 7.95. The van der Waals surface area contributed by atoms with Gasteiger partial charge in [0, 0.05) is 10.9 Å². The first-order valence-electron chi connectivity index (χ1n) is 4.41. The lowest BCUT2D eigenvalue weighted by Gasteiger charge is -2.03. The Balaban J connectivity index is 2.38. The van der Waals surface area contributed by atoms with Crippen LogP contribution in [0.25, 0.3) is 0 Å². The Morgan fingerprint density at radius 1 is 1.33 bits per heavy atom. The highest BCUT2D eigenvalue weighted by Crippen LogP contribution is 2.12. The van der Waals surface area contributed by atoms with E-state index >= 15 is 0 Å². The molecule has 0 amide bonds. The fourth-order valence-electron chi connectivity index (χ4n) is 0.953. The number of carbonyl (C=O) groups is 1. The predicted molar refractivity (Wildman–Crippen MR) is 67.3 cm³/mol. The summed E-state index contributed by atoms with van der Waals surface area (Å²) in [7, 11) is 0. The van der Waals surface area contributed by atoms with Gasteiger partial charge >= 0.3 is 5.97 Å². The SMILES string of the molecule is O=C(OCC/C(Br)=C/Br)c1ccccc1. The normalized spacial score (nSPS) is 11.2. The van der Waals surface area contributed by atoms with Crippen molar-refractivity contribution in [2.75, 3.05) is 6.61 Å². The van der Waals surface area contributed by atoms with Gasteiger partial charge in [0.05, 0.1) is 12.2 Å². The Kier molecular flexibility index (Phi) is 5.65. The molecule has 0 radical (unpaired) electrons. The van der Waals surface area contributed by atoms with E-state index in [2.05, 4.69) is 31.9 Å². The standard InChI is InChI=1S/C11H10Br2O2/c12-8-10(13)6-7-15-11(14)9-4-2-1-3-5-9/h1-5,8H,6-7H2/b10-8-. The summed E-state index contributed by atoms with van der Waals surface area (Å²) in [5.41, 5.74) is 0.580. The lowest BCUT2D eigenvalue weighted by atomic mass is 10.2. The van der Waals surface area contributed by atoms with E-state index in [1.807, 2.05) is 18.2 Å². The summed E-state index contributed by atoms with van der Waals surface area (Å²) in [5, 5.41) is 0. The summed E-state index contributed by atoms with van der Waals surface area (Å²) in [6, 6.07) is 8.95. The summed E-state index contributed by atoms with van der Waals surface area (Å²) in [6.07, 6.45) is 0.670. The van der Waals surface area contributed by atoms with Gasteiger partial charge in [-0.15, -0.1) is 0 Å². The lowest BCUT2D eigenvalue weighted by molar-refractivity contribution is 0.0511. The predicted octanol–water partition coefficient (Wildman–Crippen LogP) is 3.86. The van der Waals surface area contributed by atoms with Crippen LogP contribution in [0.1, 0.15) is 16.8 Å². The maximum Gasteiger partial charge on any atom is 0.338 e. The van der Waals surface area contributed by atoms with Gasteiger partial charge in [-0.25, -0.2) is 4.79 Å². The first kappa shape index (κ1) is 12.5. The van der Waals surface area contributed by atoms with Gasteiger partial charge in [-0.3, -0.25) is 0 Å². The molecule has 0 atom stereocenters. The minimum Gasteiger partial charge on any atom is -0.462 e. The fourth-order valence-corrected chi connectivity index (χ4v) is 1.34. The van der Waals surface area contributed by atoms with Crippen molar-refractivity contribution in [1.82, 2.24) is 0 Å². The molecule has 0 heterocycles. The molecule has 0 unspecified atom stereocenters. The van der Waals surface area contributed by atoms with E-state index in [1.54, 1.807) is 17.1 Å². The van der Waals surface area contributed by atoms with E-state index in [9.17, 15) is 4.79 Å². The van der Waals surface area contributed by atoms with Crippen LogP contribution in [0, 0.1) is 0 Å². The first-order valence-corrected chi connectivity index (χ1v) is 6.12. The van der Waals surface area contributed by atoms with Gasteiger partial charge < -0.3 is 4.74 Å². The molecule has 4 heteroatoms. The van der Waals surface area contributed by atoms with E-state index in [-0.39, 0.29) is 5.97 Å². The van der Waals surface area contributed by atoms with E-state index in [0.717, 1.165) is 4.48 Å². The Hall–Kier alpha value is -0.610. The van der Waals surface area contributed by atoms with Crippen LogP contribution in [0.5, 0.6) is 0 Å². The summed E-state index contributed by atoms with van der Waals surface area (Å²) in [4.78, 5) is 13.2. The number of halogens is 2. The molecule has 1 aromatic carbocycles.